The summed E-state index contributed by atoms with van der Waals surface area (Å²) in [6.07, 6.45) is 5.13. The van der Waals surface area contributed by atoms with Gasteiger partial charge >= 0.3 is 0 Å². The van der Waals surface area contributed by atoms with Gasteiger partial charge < -0.3 is 15.8 Å². The Bertz CT molecular complexity index is 501. The minimum Gasteiger partial charge on any atom is -0.382 e. The first-order valence-electron chi connectivity index (χ1n) is 8.33. The van der Waals surface area contributed by atoms with E-state index in [2.05, 4.69) is 34.0 Å². The number of morpholine rings is 1. The second kappa shape index (κ2) is 8.79. The molecule has 1 aliphatic rings. The molecule has 2 heterocycles. The van der Waals surface area contributed by atoms with Gasteiger partial charge in [-0.05, 0) is 5.92 Å². The molecule has 1 unspecified atom stereocenters. The van der Waals surface area contributed by atoms with Crippen LogP contribution in [0.4, 0.5) is 5.82 Å². The molecule has 0 spiro atoms. The van der Waals surface area contributed by atoms with Gasteiger partial charge in [-0.3, -0.25) is 9.69 Å². The number of nitrogens with zero attached hydrogens (tertiary/aromatic N) is 3. The van der Waals surface area contributed by atoms with Gasteiger partial charge in [-0.15, -0.1) is 0 Å². The second-order valence-electron chi connectivity index (χ2n) is 5.79. The summed E-state index contributed by atoms with van der Waals surface area (Å²) >= 11 is 0. The van der Waals surface area contributed by atoms with Crippen molar-refractivity contribution in [2.75, 3.05) is 38.6 Å². The predicted octanol–water partition coefficient (Wildman–Crippen LogP) is 0.926. The van der Waals surface area contributed by atoms with Crippen LogP contribution in [0.25, 0.3) is 0 Å². The van der Waals surface area contributed by atoms with Crippen molar-refractivity contribution in [3.05, 3.63) is 18.1 Å². The first-order chi connectivity index (χ1) is 11.2. The van der Waals surface area contributed by atoms with Crippen LogP contribution in [-0.2, 0) is 4.74 Å². The molecule has 7 nitrogen and oxygen atoms in total. The summed E-state index contributed by atoms with van der Waals surface area (Å²) in [5.74, 6) is 0.433. The summed E-state index contributed by atoms with van der Waals surface area (Å²) in [5, 5.41) is 2.98. The Morgan fingerprint density at radius 2 is 1.96 bits per heavy atom. The number of hydrogen-bond acceptors (Lipinski definition) is 6. The van der Waals surface area contributed by atoms with Crippen molar-refractivity contribution in [2.24, 2.45) is 5.92 Å². The Balaban J connectivity index is 2.02. The normalized spacial score (nSPS) is 17.2. The number of rotatable bonds is 7. The Morgan fingerprint density at radius 3 is 2.57 bits per heavy atom. The zero-order chi connectivity index (χ0) is 16.7. The first kappa shape index (κ1) is 17.6. The van der Waals surface area contributed by atoms with Gasteiger partial charge in [0.05, 0.1) is 13.2 Å². The monoisotopic (exact) mass is 321 g/mol. The third-order valence-corrected chi connectivity index (χ3v) is 4.52. The highest BCUT2D eigenvalue weighted by atomic mass is 16.5. The van der Waals surface area contributed by atoms with Crippen LogP contribution in [0, 0.1) is 5.92 Å². The lowest BCUT2D eigenvalue weighted by atomic mass is 9.92. The van der Waals surface area contributed by atoms with Crippen molar-refractivity contribution in [1.82, 2.24) is 20.2 Å². The standard InChI is InChI=1S/C16H27N5O2/c1-3-12(4-2)13(21-7-9-23-10-8-21)11-20-16(22)14-15(17)19-6-5-18-14/h5-6,12-13H,3-4,7-11H2,1-2H3,(H2,17,19)(H,20,22). The molecule has 23 heavy (non-hydrogen) atoms. The Kier molecular flexibility index (Phi) is 6.73. The average molecular weight is 321 g/mol. The predicted molar refractivity (Wildman–Crippen MR) is 89.0 cm³/mol. The molecule has 128 valence electrons. The Hall–Kier alpha value is -1.73. The van der Waals surface area contributed by atoms with E-state index in [0.29, 0.717) is 18.5 Å². The van der Waals surface area contributed by atoms with Crippen LogP contribution in [0.5, 0.6) is 0 Å². The molecule has 1 atom stereocenters. The number of ether oxygens (including phenoxy) is 1. The van der Waals surface area contributed by atoms with Crippen molar-refractivity contribution in [3.63, 3.8) is 0 Å². The third kappa shape index (κ3) is 4.62. The number of nitrogens with two attached hydrogens (primary N) is 1. The van der Waals surface area contributed by atoms with Crippen LogP contribution in [0.2, 0.25) is 0 Å². The molecule has 1 saturated heterocycles. The van der Waals surface area contributed by atoms with Crippen LogP contribution in [-0.4, -0.2) is 59.7 Å². The van der Waals surface area contributed by atoms with Crippen LogP contribution < -0.4 is 11.1 Å². The van der Waals surface area contributed by atoms with Crippen molar-refractivity contribution in [3.8, 4) is 0 Å². The van der Waals surface area contributed by atoms with Gasteiger partial charge in [0.1, 0.15) is 0 Å². The lowest BCUT2D eigenvalue weighted by molar-refractivity contribution is 0.00190. The lowest BCUT2D eigenvalue weighted by Gasteiger charge is -2.38. The number of anilines is 1. The van der Waals surface area contributed by atoms with E-state index in [4.69, 9.17) is 10.5 Å². The topological polar surface area (TPSA) is 93.4 Å². The van der Waals surface area contributed by atoms with Gasteiger partial charge in [-0.25, -0.2) is 9.97 Å². The minimum absolute atomic E-state index is 0.162. The van der Waals surface area contributed by atoms with E-state index in [0.717, 1.165) is 39.1 Å². The van der Waals surface area contributed by atoms with Crippen molar-refractivity contribution in [1.29, 1.82) is 0 Å². The van der Waals surface area contributed by atoms with E-state index >= 15 is 0 Å². The van der Waals surface area contributed by atoms with E-state index in [9.17, 15) is 4.79 Å². The van der Waals surface area contributed by atoms with Crippen LogP contribution in [0.3, 0.4) is 0 Å². The molecular weight excluding hydrogens is 294 g/mol. The lowest BCUT2D eigenvalue weighted by Crippen LogP contribution is -2.52. The fourth-order valence-corrected chi connectivity index (χ4v) is 3.14. The van der Waals surface area contributed by atoms with Crippen molar-refractivity contribution in [2.45, 2.75) is 32.7 Å². The van der Waals surface area contributed by atoms with Gasteiger partial charge in [0.15, 0.2) is 11.5 Å². The first-order valence-corrected chi connectivity index (χ1v) is 8.33. The highest BCUT2D eigenvalue weighted by Gasteiger charge is 2.27. The maximum atomic E-state index is 12.3. The quantitative estimate of drug-likeness (QED) is 0.776. The molecule has 1 aromatic rings. The number of amides is 1. The molecule has 0 saturated carbocycles. The zero-order valence-electron chi connectivity index (χ0n) is 14.0. The van der Waals surface area contributed by atoms with Crippen molar-refractivity contribution < 1.29 is 9.53 Å². The molecule has 0 bridgehead atoms. The molecule has 1 aliphatic heterocycles. The summed E-state index contributed by atoms with van der Waals surface area (Å²) in [7, 11) is 0. The molecular formula is C16H27N5O2. The molecule has 0 aromatic carbocycles. The number of nitrogens with one attached hydrogen (secondary N) is 1. The smallest absolute Gasteiger partial charge is 0.273 e. The Morgan fingerprint density at radius 1 is 1.30 bits per heavy atom. The molecule has 0 aliphatic carbocycles. The maximum Gasteiger partial charge on any atom is 0.273 e. The van der Waals surface area contributed by atoms with Crippen molar-refractivity contribution >= 4 is 11.7 Å². The van der Waals surface area contributed by atoms with Gasteiger partial charge in [0.25, 0.3) is 5.91 Å². The fourth-order valence-electron chi connectivity index (χ4n) is 3.14. The highest BCUT2D eigenvalue weighted by Crippen LogP contribution is 2.19. The largest absolute Gasteiger partial charge is 0.382 e. The minimum atomic E-state index is -0.264. The summed E-state index contributed by atoms with van der Waals surface area (Å²) in [4.78, 5) is 22.7. The van der Waals surface area contributed by atoms with Crippen LogP contribution >= 0.6 is 0 Å². The second-order valence-corrected chi connectivity index (χ2v) is 5.79. The average Bonchev–Trinajstić information content (AvgIpc) is 2.59. The van der Waals surface area contributed by atoms with Gasteiger partial charge in [-0.2, -0.15) is 0 Å². The highest BCUT2D eigenvalue weighted by molar-refractivity contribution is 5.96. The number of hydrogen-bond donors (Lipinski definition) is 2. The molecule has 1 amide bonds. The fraction of sp³-hybridized carbons (Fsp3) is 0.688. The van der Waals surface area contributed by atoms with Crippen LogP contribution in [0.15, 0.2) is 12.4 Å². The van der Waals surface area contributed by atoms with E-state index in [-0.39, 0.29) is 17.4 Å². The number of carbonyl (C=O) groups excluding carboxylic acids is 1. The molecule has 7 heteroatoms. The zero-order valence-corrected chi connectivity index (χ0v) is 14.0. The molecule has 1 fully saturated rings. The van der Waals surface area contributed by atoms with Crippen LogP contribution in [0.1, 0.15) is 37.2 Å². The van der Waals surface area contributed by atoms with E-state index in [1.54, 1.807) is 0 Å². The Labute approximate surface area is 137 Å². The SMILES string of the molecule is CCC(CC)C(CNC(=O)c1nccnc1N)N1CCOCC1. The summed E-state index contributed by atoms with van der Waals surface area (Å²) in [6.45, 7) is 8.30. The number of aromatic nitrogens is 2. The van der Waals surface area contributed by atoms with Gasteiger partial charge in [0.2, 0.25) is 0 Å². The number of carbonyl (C=O) groups is 1. The van der Waals surface area contributed by atoms with Gasteiger partial charge in [-0.1, -0.05) is 26.7 Å². The van der Waals surface area contributed by atoms with E-state index in [1.807, 2.05) is 0 Å². The third-order valence-electron chi connectivity index (χ3n) is 4.52. The molecule has 2 rings (SSSR count). The summed E-state index contributed by atoms with van der Waals surface area (Å²) in [6, 6.07) is 0.302. The van der Waals surface area contributed by atoms with E-state index in [1.165, 1.54) is 12.4 Å². The summed E-state index contributed by atoms with van der Waals surface area (Å²) in [5.41, 5.74) is 5.91. The van der Waals surface area contributed by atoms with Gasteiger partial charge in [0, 0.05) is 38.1 Å². The molecule has 3 N–H and O–H groups in total. The molecule has 0 radical (unpaired) electrons. The summed E-state index contributed by atoms with van der Waals surface area (Å²) < 4.78 is 5.44. The maximum absolute atomic E-state index is 12.3. The van der Waals surface area contributed by atoms with E-state index < -0.39 is 0 Å². The molecule has 1 aromatic heterocycles. The number of nitrogen functional groups attached to an aromatic ring is 1.